The lowest BCUT2D eigenvalue weighted by molar-refractivity contribution is -0.418. The van der Waals surface area contributed by atoms with Gasteiger partial charge in [-0.05, 0) is 5.23 Å². The van der Waals surface area contributed by atoms with Crippen LogP contribution in [0.3, 0.4) is 0 Å². The maximum absolute atomic E-state index is 9.97. The first-order chi connectivity index (χ1) is 10.5. The van der Waals surface area contributed by atoms with Crippen molar-refractivity contribution in [3.8, 4) is 0 Å². The summed E-state index contributed by atoms with van der Waals surface area (Å²) < 4.78 is 0. The molecule has 0 aromatic carbocycles. The van der Waals surface area contributed by atoms with Crippen molar-refractivity contribution in [2.24, 2.45) is 10.7 Å². The molecule has 12 nitrogen and oxygen atoms in total. The normalized spacial score (nSPS) is 26.9. The van der Waals surface area contributed by atoms with Crippen LogP contribution >= 0.6 is 0 Å². The number of nitrogens with two attached hydrogens (primary N) is 1. The number of nitrogens with zero attached hydrogens (tertiary/aromatic N) is 5. The molecule has 0 fully saturated rings. The van der Waals surface area contributed by atoms with Crippen molar-refractivity contribution in [1.29, 1.82) is 0 Å². The number of aliphatic hydroxyl groups excluding tert-OH is 3. The largest absolute Gasteiger partial charge is 0.391 e. The van der Waals surface area contributed by atoms with E-state index >= 15 is 0 Å². The van der Waals surface area contributed by atoms with Crippen molar-refractivity contribution in [2.45, 2.75) is 12.1 Å². The van der Waals surface area contributed by atoms with Gasteiger partial charge in [0, 0.05) is 7.05 Å². The summed E-state index contributed by atoms with van der Waals surface area (Å²) in [6, 6.07) is 0. The van der Waals surface area contributed by atoms with Gasteiger partial charge in [-0.3, -0.25) is 19.4 Å². The van der Waals surface area contributed by atoms with E-state index in [1.807, 2.05) is 0 Å². The van der Waals surface area contributed by atoms with E-state index in [1.165, 1.54) is 38.3 Å². The quantitative estimate of drug-likeness (QED) is 0.333. The number of hydroxylamine groups is 4. The average Bonchev–Trinajstić information content (AvgIpc) is 2.54. The van der Waals surface area contributed by atoms with Gasteiger partial charge in [0.25, 0.3) is 0 Å². The number of hydrogen-bond acceptors (Lipinski definition) is 12. The Kier molecular flexibility index (Phi) is 6.86. The molecular formula is C10H24N6O6. The lowest BCUT2D eigenvalue weighted by Gasteiger charge is -2.56. The van der Waals surface area contributed by atoms with Gasteiger partial charge in [-0.2, -0.15) is 5.06 Å². The Hall–Kier alpha value is -1.09. The summed E-state index contributed by atoms with van der Waals surface area (Å²) in [6.07, 6.45) is -1.03. The second-order valence-corrected chi connectivity index (χ2v) is 4.28. The first-order valence-electron chi connectivity index (χ1n) is 6.34. The first kappa shape index (κ1) is 19.0. The van der Waals surface area contributed by atoms with Crippen LogP contribution in [0.25, 0.3) is 0 Å². The summed E-state index contributed by atoms with van der Waals surface area (Å²) in [5.74, 6) is -1.64. The molecule has 0 amide bonds. The van der Waals surface area contributed by atoms with Crippen molar-refractivity contribution in [3.63, 3.8) is 0 Å². The van der Waals surface area contributed by atoms with Crippen LogP contribution in [0.1, 0.15) is 0 Å². The van der Waals surface area contributed by atoms with Crippen LogP contribution in [-0.4, -0.2) is 102 Å². The van der Waals surface area contributed by atoms with E-state index in [9.17, 15) is 15.3 Å². The molecule has 1 aliphatic rings. The van der Waals surface area contributed by atoms with Crippen molar-refractivity contribution in [3.05, 3.63) is 0 Å². The number of aliphatic hydroxyl groups is 3. The maximum atomic E-state index is 9.97. The molecule has 0 aromatic heterocycles. The van der Waals surface area contributed by atoms with Crippen LogP contribution in [0.15, 0.2) is 4.99 Å². The van der Waals surface area contributed by atoms with Gasteiger partial charge in [0.15, 0.2) is 5.96 Å². The Morgan fingerprint density at radius 3 is 2.14 bits per heavy atom. The van der Waals surface area contributed by atoms with Gasteiger partial charge in [-0.1, -0.05) is 0 Å². The molecule has 0 saturated carbocycles. The topological polar surface area (TPSA) is 140 Å². The van der Waals surface area contributed by atoms with Crippen LogP contribution in [0.5, 0.6) is 0 Å². The fourth-order valence-electron chi connectivity index (χ4n) is 2.35. The Balaban J connectivity index is 3.45. The van der Waals surface area contributed by atoms with Crippen LogP contribution < -0.4 is 5.73 Å². The highest BCUT2D eigenvalue weighted by molar-refractivity contribution is 5.79. The van der Waals surface area contributed by atoms with Gasteiger partial charge in [-0.25, -0.2) is 9.89 Å². The number of likely N-dealkylation sites (N-methyl/N-ethyl adjacent to an activating group) is 1. The van der Waals surface area contributed by atoms with Crippen LogP contribution in [0, 0.1) is 0 Å². The van der Waals surface area contributed by atoms with E-state index in [-0.39, 0.29) is 5.96 Å². The smallest absolute Gasteiger partial charge is 0.215 e. The van der Waals surface area contributed by atoms with E-state index in [0.29, 0.717) is 0 Å². The molecule has 0 spiro atoms. The molecule has 1 aliphatic heterocycles. The lowest BCUT2D eigenvalue weighted by atomic mass is 10.2. The third-order valence-electron chi connectivity index (χ3n) is 3.53. The highest BCUT2D eigenvalue weighted by atomic mass is 16.9. The molecule has 130 valence electrons. The fraction of sp³-hybridized carbons (Fsp3) is 0.900. The molecule has 12 heteroatoms. The molecule has 1 rings (SSSR count). The highest BCUT2D eigenvalue weighted by Gasteiger charge is 2.54. The van der Waals surface area contributed by atoms with E-state index in [2.05, 4.69) is 4.99 Å². The zero-order valence-corrected chi connectivity index (χ0v) is 13.1. The summed E-state index contributed by atoms with van der Waals surface area (Å²) in [5, 5.41) is 31.6. The van der Waals surface area contributed by atoms with Gasteiger partial charge in [0.2, 0.25) is 12.1 Å². The predicted molar refractivity (Wildman–Crippen MR) is 73.7 cm³/mol. The molecule has 2 atom stereocenters. The average molecular weight is 324 g/mol. The van der Waals surface area contributed by atoms with Crippen molar-refractivity contribution < 1.29 is 29.8 Å². The number of aliphatic imine (C=N–C) groups is 1. The first-order valence-corrected chi connectivity index (χ1v) is 6.34. The summed E-state index contributed by atoms with van der Waals surface area (Å²) >= 11 is 0. The van der Waals surface area contributed by atoms with Crippen LogP contribution in [0.2, 0.25) is 0 Å². The molecule has 5 N–H and O–H groups in total. The minimum atomic E-state index is -1.54. The number of guanidine groups is 1. The number of hydrogen-bond donors (Lipinski definition) is 4. The number of rotatable bonds is 8. The summed E-state index contributed by atoms with van der Waals surface area (Å²) in [6.45, 7) is -1.73. The van der Waals surface area contributed by atoms with Crippen molar-refractivity contribution in [2.75, 3.05) is 48.4 Å². The molecule has 0 aromatic rings. The molecule has 2 unspecified atom stereocenters. The maximum Gasteiger partial charge on any atom is 0.215 e. The van der Waals surface area contributed by atoms with Gasteiger partial charge in [0.1, 0.15) is 13.5 Å². The van der Waals surface area contributed by atoms with E-state index in [0.717, 1.165) is 10.1 Å². The third-order valence-corrected chi connectivity index (χ3v) is 3.53. The van der Waals surface area contributed by atoms with Crippen LogP contribution in [0.4, 0.5) is 0 Å². The van der Waals surface area contributed by atoms with Gasteiger partial charge in [-0.15, -0.1) is 0 Å². The van der Waals surface area contributed by atoms with Gasteiger partial charge < -0.3 is 21.1 Å². The van der Waals surface area contributed by atoms with Crippen molar-refractivity contribution >= 4 is 5.96 Å². The van der Waals surface area contributed by atoms with E-state index in [1.54, 1.807) is 0 Å². The Morgan fingerprint density at radius 2 is 1.77 bits per heavy atom. The fourth-order valence-corrected chi connectivity index (χ4v) is 2.35. The minimum Gasteiger partial charge on any atom is -0.391 e. The molecule has 0 saturated heterocycles. The standard InChI is InChI=1S/C10H24N6O6/c1-13(20-2)10(5-17)14(6-18)8(11)12-9(15(10)7-19)16(21-3)22-4/h9,17-19H,5-7H2,1-4H3,(H2,11,12). The summed E-state index contributed by atoms with van der Waals surface area (Å²) in [7, 11) is 5.54. The van der Waals surface area contributed by atoms with E-state index in [4.69, 9.17) is 20.2 Å². The second-order valence-electron chi connectivity index (χ2n) is 4.28. The van der Waals surface area contributed by atoms with Gasteiger partial charge >= 0.3 is 0 Å². The molecule has 0 bridgehead atoms. The SMILES string of the molecule is CON(OC)C1N=C(N)N(CO)C(CO)(N(C)OC)N1CO. The highest BCUT2D eigenvalue weighted by Crippen LogP contribution is 2.31. The molecular weight excluding hydrogens is 300 g/mol. The molecule has 1 heterocycles. The van der Waals surface area contributed by atoms with E-state index < -0.39 is 32.1 Å². The second kappa shape index (κ2) is 7.96. The third kappa shape index (κ3) is 2.88. The Labute approximate surface area is 128 Å². The molecule has 22 heavy (non-hydrogen) atoms. The Morgan fingerprint density at radius 1 is 1.18 bits per heavy atom. The summed E-state index contributed by atoms with van der Waals surface area (Å²) in [4.78, 5) is 21.7. The summed E-state index contributed by atoms with van der Waals surface area (Å²) in [5.41, 5.74) is 5.86. The Bertz CT molecular complexity index is 383. The molecule has 0 radical (unpaired) electrons. The van der Waals surface area contributed by atoms with Gasteiger partial charge in [0.05, 0.1) is 27.9 Å². The monoisotopic (exact) mass is 324 g/mol. The zero-order valence-electron chi connectivity index (χ0n) is 13.1. The zero-order chi connectivity index (χ0) is 16.9. The predicted octanol–water partition coefficient (Wildman–Crippen LogP) is -3.33. The van der Waals surface area contributed by atoms with Crippen LogP contribution in [-0.2, 0) is 14.5 Å². The van der Waals surface area contributed by atoms with Crippen molar-refractivity contribution in [1.82, 2.24) is 20.1 Å². The minimum absolute atomic E-state index is 0.103. The lowest BCUT2D eigenvalue weighted by Crippen LogP contribution is -2.78. The molecule has 0 aliphatic carbocycles.